The predicted octanol–water partition coefficient (Wildman–Crippen LogP) is 1.20. The topological polar surface area (TPSA) is 52.0 Å². The number of nitrogens with one attached hydrogen (secondary N) is 1. The molecule has 6 heteroatoms. The average molecular weight is 250 g/mol. The molecule has 0 aromatic carbocycles. The van der Waals surface area contributed by atoms with Gasteiger partial charge in [-0.15, -0.1) is 11.3 Å². The number of nitrogens with zero attached hydrogens (tertiary/aromatic N) is 3. The lowest BCUT2D eigenvalue weighted by Gasteiger charge is -2.21. The van der Waals surface area contributed by atoms with Crippen molar-refractivity contribution in [1.82, 2.24) is 20.1 Å². The minimum atomic E-state index is 0.235. The largest absolute Gasteiger partial charge is 0.378 e. The summed E-state index contributed by atoms with van der Waals surface area (Å²) in [6, 6.07) is 0.235. The van der Waals surface area contributed by atoms with Crippen LogP contribution in [-0.2, 0) is 11.8 Å². The Kier molecular flexibility index (Phi) is 2.92. The van der Waals surface area contributed by atoms with Crippen LogP contribution < -0.4 is 5.32 Å². The summed E-state index contributed by atoms with van der Waals surface area (Å²) in [6.07, 6.45) is 3.81. The molecule has 90 valence electrons. The third-order valence-electron chi connectivity index (χ3n) is 2.74. The van der Waals surface area contributed by atoms with Crippen molar-refractivity contribution in [2.24, 2.45) is 7.05 Å². The van der Waals surface area contributed by atoms with E-state index in [1.54, 1.807) is 16.0 Å². The fourth-order valence-electron chi connectivity index (χ4n) is 1.86. The van der Waals surface area contributed by atoms with E-state index in [2.05, 4.69) is 20.8 Å². The summed E-state index contributed by atoms with van der Waals surface area (Å²) in [7, 11) is 1.91. The van der Waals surface area contributed by atoms with E-state index in [0.717, 1.165) is 29.4 Å². The third-order valence-corrected chi connectivity index (χ3v) is 3.70. The molecule has 0 saturated carbocycles. The number of aryl methyl sites for hydroxylation is 1. The Morgan fingerprint density at radius 2 is 2.53 bits per heavy atom. The molecule has 3 heterocycles. The van der Waals surface area contributed by atoms with Gasteiger partial charge in [-0.25, -0.2) is 4.98 Å². The molecule has 3 rings (SSSR count). The molecule has 0 bridgehead atoms. The summed E-state index contributed by atoms with van der Waals surface area (Å²) in [5, 5.41) is 10.7. The van der Waals surface area contributed by atoms with Crippen LogP contribution in [0.3, 0.4) is 0 Å². The highest BCUT2D eigenvalue weighted by Gasteiger charge is 2.19. The van der Waals surface area contributed by atoms with Crippen molar-refractivity contribution in [3.63, 3.8) is 0 Å². The van der Waals surface area contributed by atoms with Crippen LogP contribution in [-0.4, -0.2) is 34.5 Å². The van der Waals surface area contributed by atoms with Gasteiger partial charge in [-0.3, -0.25) is 4.68 Å². The van der Waals surface area contributed by atoms with Crippen LogP contribution in [0.4, 0.5) is 0 Å². The molecule has 17 heavy (non-hydrogen) atoms. The monoisotopic (exact) mass is 250 g/mol. The molecular formula is C11H14N4OS. The normalized spacial score (nSPS) is 20.6. The lowest BCUT2D eigenvalue weighted by atomic mass is 10.2. The minimum absolute atomic E-state index is 0.235. The zero-order valence-electron chi connectivity index (χ0n) is 9.59. The molecule has 1 atom stereocenters. The fraction of sp³-hybridized carbons (Fsp3) is 0.455. The molecule has 5 nitrogen and oxygen atoms in total. The van der Waals surface area contributed by atoms with E-state index in [0.29, 0.717) is 6.61 Å². The first-order valence-electron chi connectivity index (χ1n) is 5.58. The molecule has 2 aromatic rings. The van der Waals surface area contributed by atoms with Crippen molar-refractivity contribution >= 4 is 11.3 Å². The zero-order valence-corrected chi connectivity index (χ0v) is 10.4. The summed E-state index contributed by atoms with van der Waals surface area (Å²) in [4.78, 5) is 4.64. The van der Waals surface area contributed by atoms with Gasteiger partial charge >= 0.3 is 0 Å². The van der Waals surface area contributed by atoms with Gasteiger partial charge < -0.3 is 10.1 Å². The smallest absolute Gasteiger partial charge is 0.113 e. The van der Waals surface area contributed by atoms with Gasteiger partial charge in [0.2, 0.25) is 0 Å². The summed E-state index contributed by atoms with van der Waals surface area (Å²) in [5.74, 6) is 0. The van der Waals surface area contributed by atoms with Gasteiger partial charge in [0.15, 0.2) is 0 Å². The number of ether oxygens (including phenoxy) is 1. The summed E-state index contributed by atoms with van der Waals surface area (Å²) in [6.45, 7) is 2.39. The van der Waals surface area contributed by atoms with Gasteiger partial charge in [-0.2, -0.15) is 5.10 Å². The number of thiazole rings is 1. The molecule has 1 aliphatic heterocycles. The molecule has 1 aliphatic rings. The highest BCUT2D eigenvalue weighted by Crippen LogP contribution is 2.25. The average Bonchev–Trinajstić information content (AvgIpc) is 2.98. The molecule has 2 aromatic heterocycles. The standard InChI is InChI=1S/C11H14N4OS/c1-15-5-8(4-13-15)10-7-17-11(14-10)9-6-16-3-2-12-9/h4-5,7,9,12H,2-3,6H2,1H3. The maximum atomic E-state index is 5.44. The predicted molar refractivity (Wildman–Crippen MR) is 65.9 cm³/mol. The Balaban J connectivity index is 1.82. The zero-order chi connectivity index (χ0) is 11.7. The SMILES string of the molecule is Cn1cc(-c2csc(C3COCCN3)n2)cn1. The number of hydrogen-bond acceptors (Lipinski definition) is 5. The number of aromatic nitrogens is 3. The van der Waals surface area contributed by atoms with E-state index in [1.807, 2.05) is 19.4 Å². The van der Waals surface area contributed by atoms with E-state index in [4.69, 9.17) is 4.74 Å². The first kappa shape index (κ1) is 10.9. The third kappa shape index (κ3) is 2.24. The molecule has 1 N–H and O–H groups in total. The number of rotatable bonds is 2. The quantitative estimate of drug-likeness (QED) is 0.870. The van der Waals surface area contributed by atoms with Crippen molar-refractivity contribution in [3.05, 3.63) is 22.8 Å². The Hall–Kier alpha value is -1.24. The molecule has 0 aliphatic carbocycles. The number of hydrogen-bond donors (Lipinski definition) is 1. The lowest BCUT2D eigenvalue weighted by molar-refractivity contribution is 0.0768. The van der Waals surface area contributed by atoms with E-state index in [-0.39, 0.29) is 6.04 Å². The Labute approximate surface area is 103 Å². The van der Waals surface area contributed by atoms with Crippen molar-refractivity contribution in [3.8, 4) is 11.3 Å². The fourth-order valence-corrected chi connectivity index (χ4v) is 2.75. The van der Waals surface area contributed by atoms with Gasteiger partial charge in [0.05, 0.1) is 31.1 Å². The van der Waals surface area contributed by atoms with E-state index >= 15 is 0 Å². The Morgan fingerprint density at radius 1 is 1.59 bits per heavy atom. The van der Waals surface area contributed by atoms with Crippen LogP contribution in [0.2, 0.25) is 0 Å². The van der Waals surface area contributed by atoms with Gasteiger partial charge in [0.1, 0.15) is 5.01 Å². The molecule has 0 amide bonds. The maximum absolute atomic E-state index is 5.44. The Bertz CT molecular complexity index is 501. The van der Waals surface area contributed by atoms with Crippen molar-refractivity contribution in [2.75, 3.05) is 19.8 Å². The second kappa shape index (κ2) is 4.56. The van der Waals surface area contributed by atoms with Gasteiger partial charge in [0.25, 0.3) is 0 Å². The van der Waals surface area contributed by atoms with E-state index in [1.165, 1.54) is 0 Å². The first-order valence-corrected chi connectivity index (χ1v) is 6.46. The van der Waals surface area contributed by atoms with Gasteiger partial charge in [-0.1, -0.05) is 0 Å². The van der Waals surface area contributed by atoms with Crippen LogP contribution >= 0.6 is 11.3 Å². The summed E-state index contributed by atoms with van der Waals surface area (Å²) >= 11 is 1.67. The maximum Gasteiger partial charge on any atom is 0.113 e. The summed E-state index contributed by atoms with van der Waals surface area (Å²) < 4.78 is 7.23. The summed E-state index contributed by atoms with van der Waals surface area (Å²) in [5.41, 5.74) is 2.05. The second-order valence-corrected chi connectivity index (χ2v) is 4.94. The Morgan fingerprint density at radius 3 is 3.24 bits per heavy atom. The van der Waals surface area contributed by atoms with Crippen LogP contribution in [0.5, 0.6) is 0 Å². The van der Waals surface area contributed by atoms with Gasteiger partial charge in [-0.05, 0) is 0 Å². The molecule has 1 fully saturated rings. The van der Waals surface area contributed by atoms with Gasteiger partial charge in [0, 0.05) is 30.7 Å². The highest BCUT2D eigenvalue weighted by molar-refractivity contribution is 7.10. The highest BCUT2D eigenvalue weighted by atomic mass is 32.1. The van der Waals surface area contributed by atoms with Crippen LogP contribution in [0.15, 0.2) is 17.8 Å². The first-order chi connectivity index (χ1) is 8.33. The molecule has 0 radical (unpaired) electrons. The minimum Gasteiger partial charge on any atom is -0.378 e. The second-order valence-electron chi connectivity index (χ2n) is 4.06. The van der Waals surface area contributed by atoms with Crippen molar-refractivity contribution in [1.29, 1.82) is 0 Å². The molecular weight excluding hydrogens is 236 g/mol. The van der Waals surface area contributed by atoms with Crippen LogP contribution in [0.1, 0.15) is 11.0 Å². The van der Waals surface area contributed by atoms with E-state index < -0.39 is 0 Å². The van der Waals surface area contributed by atoms with Crippen LogP contribution in [0.25, 0.3) is 11.3 Å². The molecule has 0 spiro atoms. The molecule has 1 saturated heterocycles. The molecule has 1 unspecified atom stereocenters. The van der Waals surface area contributed by atoms with Crippen molar-refractivity contribution < 1.29 is 4.74 Å². The van der Waals surface area contributed by atoms with E-state index in [9.17, 15) is 0 Å². The number of morpholine rings is 1. The van der Waals surface area contributed by atoms with Crippen LogP contribution in [0, 0.1) is 0 Å². The lowest BCUT2D eigenvalue weighted by Crippen LogP contribution is -2.34. The van der Waals surface area contributed by atoms with Crippen molar-refractivity contribution in [2.45, 2.75) is 6.04 Å².